The van der Waals surface area contributed by atoms with E-state index >= 15 is 0 Å². The van der Waals surface area contributed by atoms with E-state index in [0.29, 0.717) is 23.7 Å². The Bertz CT molecular complexity index is 815. The van der Waals surface area contributed by atoms with Gasteiger partial charge in [0.15, 0.2) is 10.2 Å². The molecule has 0 saturated heterocycles. The molecule has 10 heteroatoms. The van der Waals surface area contributed by atoms with Crippen molar-refractivity contribution in [2.45, 2.75) is 55.7 Å². The number of nitrogens with one attached hydrogen (secondary N) is 1. The first-order valence-corrected chi connectivity index (χ1v) is 9.83. The van der Waals surface area contributed by atoms with Gasteiger partial charge in [0.1, 0.15) is 11.6 Å². The first-order valence-electron chi connectivity index (χ1n) is 9.02. The number of carbonyl (C=O) groups is 2. The lowest BCUT2D eigenvalue weighted by Crippen LogP contribution is -2.16. The molecule has 0 aliphatic heterocycles. The smallest absolute Gasteiger partial charge is 0.305 e. The molecule has 152 valence electrons. The number of furan rings is 1. The summed E-state index contributed by atoms with van der Waals surface area (Å²) in [5.41, 5.74) is 2.48. The Kier molecular flexibility index (Phi) is 8.73. The van der Waals surface area contributed by atoms with Gasteiger partial charge in [-0.2, -0.15) is 5.10 Å². The molecule has 0 spiro atoms. The number of ether oxygens (including phenoxy) is 1. The highest BCUT2D eigenvalue weighted by Gasteiger charge is 2.10. The Morgan fingerprint density at radius 3 is 2.68 bits per heavy atom. The third kappa shape index (κ3) is 7.18. The van der Waals surface area contributed by atoms with Gasteiger partial charge in [0, 0.05) is 19.9 Å². The first-order chi connectivity index (χ1) is 13.5. The largest absolute Gasteiger partial charge is 0.469 e. The molecule has 28 heavy (non-hydrogen) atoms. The van der Waals surface area contributed by atoms with Crippen LogP contribution in [0.1, 0.15) is 50.1 Å². The zero-order chi connectivity index (χ0) is 20.4. The highest BCUT2D eigenvalue weighted by molar-refractivity contribution is 7.99. The Hall–Kier alpha value is -2.62. The predicted molar refractivity (Wildman–Crippen MR) is 104 cm³/mol. The number of carbonyl (C=O) groups excluding carboxylic acids is 2. The van der Waals surface area contributed by atoms with Crippen molar-refractivity contribution in [3.05, 3.63) is 23.7 Å². The van der Waals surface area contributed by atoms with Gasteiger partial charge >= 0.3 is 5.97 Å². The lowest BCUT2D eigenvalue weighted by atomic mass is 10.1. The summed E-state index contributed by atoms with van der Waals surface area (Å²) in [5.74, 6) is 1.00. The second kappa shape index (κ2) is 11.3. The van der Waals surface area contributed by atoms with Crippen LogP contribution in [0.15, 0.2) is 31.9 Å². The minimum absolute atomic E-state index is 0.153. The Balaban J connectivity index is 1.64. The van der Waals surface area contributed by atoms with Crippen molar-refractivity contribution < 1.29 is 18.7 Å². The van der Waals surface area contributed by atoms with Crippen LogP contribution in [0.2, 0.25) is 0 Å². The summed E-state index contributed by atoms with van der Waals surface area (Å²) in [6.45, 7) is 1.88. The minimum atomic E-state index is -0.196. The average molecular weight is 407 g/mol. The molecule has 1 N–H and O–H groups in total. The fourth-order valence-electron chi connectivity index (χ4n) is 2.26. The number of aromatic nitrogens is 3. The second-order valence-electron chi connectivity index (χ2n) is 6.13. The zero-order valence-corrected chi connectivity index (χ0v) is 17.1. The van der Waals surface area contributed by atoms with Crippen LogP contribution < -0.4 is 5.43 Å². The van der Waals surface area contributed by atoms with E-state index in [2.05, 4.69) is 25.5 Å². The van der Waals surface area contributed by atoms with Crippen molar-refractivity contribution in [2.24, 2.45) is 12.1 Å². The van der Waals surface area contributed by atoms with E-state index in [1.807, 2.05) is 24.6 Å². The number of amides is 1. The number of nitrogens with zero attached hydrogens (tertiary/aromatic N) is 4. The SMILES string of the molecule is COC(=O)CCCCCCC(=O)N/N=C/c1ccc(Sc2nnc(C)n2C)o1. The number of hydrogen-bond donors (Lipinski definition) is 1. The van der Waals surface area contributed by atoms with E-state index in [1.54, 1.807) is 6.07 Å². The third-order valence-electron chi connectivity index (χ3n) is 3.99. The highest BCUT2D eigenvalue weighted by Crippen LogP contribution is 2.27. The van der Waals surface area contributed by atoms with Crippen molar-refractivity contribution in [1.29, 1.82) is 0 Å². The number of unbranched alkanes of at least 4 members (excludes halogenated alkanes) is 3. The van der Waals surface area contributed by atoms with Crippen LogP contribution >= 0.6 is 11.8 Å². The molecule has 0 fully saturated rings. The zero-order valence-electron chi connectivity index (χ0n) is 16.3. The van der Waals surface area contributed by atoms with Gasteiger partial charge in [0.2, 0.25) is 5.91 Å². The van der Waals surface area contributed by atoms with Crippen LogP contribution in [0.3, 0.4) is 0 Å². The Morgan fingerprint density at radius 1 is 1.25 bits per heavy atom. The lowest BCUT2D eigenvalue weighted by Gasteiger charge is -2.01. The minimum Gasteiger partial charge on any atom is -0.469 e. The normalized spacial score (nSPS) is 11.1. The standard InChI is InChI=1S/C18H25N5O4S/c1-13-20-22-18(23(13)2)28-17-11-10-14(27-17)12-19-21-15(24)8-6-4-5-7-9-16(25)26-3/h10-12H,4-9H2,1-3H3,(H,21,24)/b19-12+. The molecular formula is C18H25N5O4S. The molecule has 0 radical (unpaired) electrons. The van der Waals surface area contributed by atoms with E-state index in [9.17, 15) is 9.59 Å². The highest BCUT2D eigenvalue weighted by atomic mass is 32.2. The van der Waals surface area contributed by atoms with Crippen molar-refractivity contribution >= 4 is 29.9 Å². The number of aryl methyl sites for hydroxylation is 1. The number of methoxy groups -OCH3 is 1. The maximum absolute atomic E-state index is 11.8. The van der Waals surface area contributed by atoms with E-state index in [1.165, 1.54) is 25.1 Å². The summed E-state index contributed by atoms with van der Waals surface area (Å²) in [4.78, 5) is 22.7. The predicted octanol–water partition coefficient (Wildman–Crippen LogP) is 2.83. The van der Waals surface area contributed by atoms with Crippen molar-refractivity contribution in [1.82, 2.24) is 20.2 Å². The monoisotopic (exact) mass is 407 g/mol. The van der Waals surface area contributed by atoms with Gasteiger partial charge in [-0.3, -0.25) is 9.59 Å². The molecule has 0 aliphatic rings. The number of esters is 1. The molecule has 0 aliphatic carbocycles. The molecule has 2 aromatic heterocycles. The molecule has 1 amide bonds. The molecule has 0 aromatic carbocycles. The quantitative estimate of drug-likeness (QED) is 0.264. The molecule has 0 atom stereocenters. The van der Waals surface area contributed by atoms with Crippen LogP contribution in [0.5, 0.6) is 0 Å². The third-order valence-corrected chi connectivity index (χ3v) is 4.95. The van der Waals surface area contributed by atoms with Crippen LogP contribution in [0, 0.1) is 6.92 Å². The first kappa shape index (κ1) is 21.7. The van der Waals surface area contributed by atoms with Crippen molar-refractivity contribution in [2.75, 3.05) is 7.11 Å². The Labute approximate surface area is 167 Å². The van der Waals surface area contributed by atoms with Crippen LogP contribution in [0.25, 0.3) is 0 Å². The van der Waals surface area contributed by atoms with Crippen LogP contribution in [0.4, 0.5) is 0 Å². The maximum atomic E-state index is 11.8. The maximum Gasteiger partial charge on any atom is 0.305 e. The van der Waals surface area contributed by atoms with Gasteiger partial charge in [0.05, 0.1) is 13.3 Å². The van der Waals surface area contributed by atoms with E-state index in [-0.39, 0.29) is 11.9 Å². The lowest BCUT2D eigenvalue weighted by molar-refractivity contribution is -0.140. The van der Waals surface area contributed by atoms with E-state index < -0.39 is 0 Å². The van der Waals surface area contributed by atoms with Crippen LogP contribution in [-0.4, -0.2) is 40.0 Å². The molecular weight excluding hydrogens is 382 g/mol. The summed E-state index contributed by atoms with van der Waals surface area (Å²) in [7, 11) is 3.27. The number of hydrazone groups is 1. The van der Waals surface area contributed by atoms with Gasteiger partial charge < -0.3 is 13.7 Å². The number of hydrogen-bond acceptors (Lipinski definition) is 8. The topological polar surface area (TPSA) is 112 Å². The van der Waals surface area contributed by atoms with Gasteiger partial charge in [-0.05, 0) is 43.7 Å². The molecule has 2 aromatic rings. The molecule has 0 bridgehead atoms. The van der Waals surface area contributed by atoms with Gasteiger partial charge in [0.25, 0.3) is 0 Å². The summed E-state index contributed by atoms with van der Waals surface area (Å²) >= 11 is 1.36. The molecule has 0 unspecified atom stereocenters. The van der Waals surface area contributed by atoms with E-state index in [4.69, 9.17) is 4.42 Å². The summed E-state index contributed by atoms with van der Waals surface area (Å²) in [5, 5.41) is 13.4. The summed E-state index contributed by atoms with van der Waals surface area (Å²) in [6.07, 6.45) is 5.57. The van der Waals surface area contributed by atoms with E-state index in [0.717, 1.165) is 36.7 Å². The Morgan fingerprint density at radius 2 is 2.00 bits per heavy atom. The fourth-order valence-corrected chi connectivity index (χ4v) is 3.06. The molecule has 9 nitrogen and oxygen atoms in total. The number of rotatable bonds is 11. The van der Waals surface area contributed by atoms with Gasteiger partial charge in [-0.25, -0.2) is 5.43 Å². The fraction of sp³-hybridized carbons (Fsp3) is 0.500. The summed E-state index contributed by atoms with van der Waals surface area (Å²) in [6, 6.07) is 3.58. The van der Waals surface area contributed by atoms with Gasteiger partial charge in [-0.1, -0.05) is 12.8 Å². The molecule has 2 heterocycles. The average Bonchev–Trinajstić information content (AvgIpc) is 3.26. The molecule has 0 saturated carbocycles. The van der Waals surface area contributed by atoms with Crippen LogP contribution in [-0.2, 0) is 21.4 Å². The second-order valence-corrected chi connectivity index (χ2v) is 7.10. The van der Waals surface area contributed by atoms with Gasteiger partial charge in [-0.15, -0.1) is 10.2 Å². The summed E-state index contributed by atoms with van der Waals surface area (Å²) < 4.78 is 12.1. The van der Waals surface area contributed by atoms with Crippen molar-refractivity contribution in [3.8, 4) is 0 Å². The molecule has 2 rings (SSSR count). The van der Waals surface area contributed by atoms with Crippen molar-refractivity contribution in [3.63, 3.8) is 0 Å².